The number of anilines is 1. The summed E-state index contributed by atoms with van der Waals surface area (Å²) >= 11 is 3.50. The van der Waals surface area contributed by atoms with E-state index in [4.69, 9.17) is 9.47 Å². The highest BCUT2D eigenvalue weighted by molar-refractivity contribution is 9.09. The van der Waals surface area contributed by atoms with E-state index in [0.717, 1.165) is 29.8 Å². The second-order valence-corrected chi connectivity index (χ2v) is 6.01. The Labute approximate surface area is 122 Å². The van der Waals surface area contributed by atoms with Crippen molar-refractivity contribution in [1.82, 2.24) is 9.97 Å². The molecule has 0 aromatic carbocycles. The van der Waals surface area contributed by atoms with E-state index >= 15 is 0 Å². The Balaban J connectivity index is 2.30. The van der Waals surface area contributed by atoms with Crippen LogP contribution < -0.4 is 9.64 Å². The lowest BCUT2D eigenvalue weighted by molar-refractivity contribution is -0.0726. The quantitative estimate of drug-likeness (QED) is 0.795. The fraction of sp³-hybridized carbons (Fsp3) is 0.692. The van der Waals surface area contributed by atoms with Crippen LogP contribution in [0.1, 0.15) is 19.4 Å². The molecule has 1 aliphatic rings. The van der Waals surface area contributed by atoms with Crippen LogP contribution in [0.25, 0.3) is 0 Å². The van der Waals surface area contributed by atoms with Crippen LogP contribution in [-0.2, 0) is 4.74 Å². The van der Waals surface area contributed by atoms with E-state index < -0.39 is 0 Å². The van der Waals surface area contributed by atoms with Gasteiger partial charge in [0.05, 0.1) is 24.4 Å². The zero-order chi connectivity index (χ0) is 14.0. The summed E-state index contributed by atoms with van der Waals surface area (Å²) in [6.07, 6.45) is 1.70. The Morgan fingerprint density at radius 3 is 2.89 bits per heavy atom. The van der Waals surface area contributed by atoms with Crippen LogP contribution in [0.3, 0.4) is 0 Å². The van der Waals surface area contributed by atoms with Gasteiger partial charge in [0, 0.05) is 18.4 Å². The first kappa shape index (κ1) is 14.5. The molecule has 2 heterocycles. The minimum atomic E-state index is -0.193. The topological polar surface area (TPSA) is 47.5 Å². The van der Waals surface area contributed by atoms with Crippen molar-refractivity contribution in [3.63, 3.8) is 0 Å². The van der Waals surface area contributed by atoms with Gasteiger partial charge < -0.3 is 14.4 Å². The van der Waals surface area contributed by atoms with Crippen molar-refractivity contribution in [3.05, 3.63) is 11.9 Å². The summed E-state index contributed by atoms with van der Waals surface area (Å²) in [5.74, 6) is 1.55. The van der Waals surface area contributed by atoms with Crippen molar-refractivity contribution < 1.29 is 9.47 Å². The maximum Gasteiger partial charge on any atom is 0.221 e. The van der Waals surface area contributed by atoms with Gasteiger partial charge in [0.2, 0.25) is 5.88 Å². The van der Waals surface area contributed by atoms with Gasteiger partial charge in [-0.2, -0.15) is 0 Å². The molecule has 0 aliphatic carbocycles. The fourth-order valence-electron chi connectivity index (χ4n) is 2.49. The Morgan fingerprint density at radius 2 is 2.26 bits per heavy atom. The first-order chi connectivity index (χ1) is 8.96. The average Bonchev–Trinajstić information content (AvgIpc) is 2.37. The monoisotopic (exact) mass is 329 g/mol. The number of hydrogen-bond acceptors (Lipinski definition) is 5. The molecule has 5 nitrogen and oxygen atoms in total. The molecule has 0 amide bonds. The number of nitrogens with zero attached hydrogens (tertiary/aromatic N) is 3. The van der Waals surface area contributed by atoms with Crippen molar-refractivity contribution in [2.45, 2.75) is 32.5 Å². The molecule has 0 spiro atoms. The average molecular weight is 330 g/mol. The van der Waals surface area contributed by atoms with Crippen LogP contribution in [0.4, 0.5) is 5.82 Å². The summed E-state index contributed by atoms with van der Waals surface area (Å²) in [5, 5.41) is 0.814. The molecular formula is C13H20BrN3O2. The van der Waals surface area contributed by atoms with E-state index in [2.05, 4.69) is 44.6 Å². The lowest BCUT2D eigenvalue weighted by atomic mass is 10.1. The molecule has 0 bridgehead atoms. The second kappa shape index (κ2) is 5.63. The third kappa shape index (κ3) is 3.17. The number of halogens is 1. The van der Waals surface area contributed by atoms with Gasteiger partial charge in [-0.3, -0.25) is 0 Å². The maximum atomic E-state index is 6.01. The molecule has 2 rings (SSSR count). The van der Waals surface area contributed by atoms with Crippen LogP contribution in [-0.4, -0.2) is 47.2 Å². The minimum Gasteiger partial charge on any atom is -0.481 e. The highest BCUT2D eigenvalue weighted by Crippen LogP contribution is 2.29. The largest absolute Gasteiger partial charge is 0.481 e. The molecule has 19 heavy (non-hydrogen) atoms. The van der Waals surface area contributed by atoms with Gasteiger partial charge in [-0.15, -0.1) is 0 Å². The molecule has 106 valence electrons. The number of ether oxygens (including phenoxy) is 2. The standard InChI is InChI=1S/C13H20BrN3O2/c1-9-11(15-8-16-12(9)18-4)17-6-10(5-14)19-13(2,3)7-17/h8,10H,5-7H2,1-4H3. The Kier molecular flexibility index (Phi) is 4.30. The summed E-state index contributed by atoms with van der Waals surface area (Å²) < 4.78 is 11.3. The number of morpholine rings is 1. The lowest BCUT2D eigenvalue weighted by Gasteiger charge is -2.43. The smallest absolute Gasteiger partial charge is 0.221 e. The van der Waals surface area contributed by atoms with Gasteiger partial charge in [-0.25, -0.2) is 9.97 Å². The molecule has 1 unspecified atom stereocenters. The van der Waals surface area contributed by atoms with E-state index in [1.54, 1.807) is 13.4 Å². The number of hydrogen-bond donors (Lipinski definition) is 0. The van der Waals surface area contributed by atoms with Crippen molar-refractivity contribution in [2.24, 2.45) is 0 Å². The Hall–Kier alpha value is -0.880. The van der Waals surface area contributed by atoms with Crippen molar-refractivity contribution in [2.75, 3.05) is 30.4 Å². The Bertz CT molecular complexity index is 454. The number of aromatic nitrogens is 2. The third-order valence-corrected chi connectivity index (χ3v) is 3.88. The predicted octanol–water partition coefficient (Wildman–Crippen LogP) is 2.17. The summed E-state index contributed by atoms with van der Waals surface area (Å²) in [6, 6.07) is 0. The van der Waals surface area contributed by atoms with E-state index in [1.165, 1.54) is 0 Å². The van der Waals surface area contributed by atoms with Crippen LogP contribution in [0.15, 0.2) is 6.33 Å². The predicted molar refractivity (Wildman–Crippen MR) is 78.3 cm³/mol. The zero-order valence-electron chi connectivity index (χ0n) is 11.8. The first-order valence-electron chi connectivity index (χ1n) is 6.31. The number of rotatable bonds is 3. The summed E-state index contributed by atoms with van der Waals surface area (Å²) in [6.45, 7) is 7.80. The van der Waals surface area contributed by atoms with E-state index in [9.17, 15) is 0 Å². The van der Waals surface area contributed by atoms with Crippen LogP contribution in [0, 0.1) is 6.92 Å². The van der Waals surface area contributed by atoms with Gasteiger partial charge in [-0.1, -0.05) is 15.9 Å². The second-order valence-electron chi connectivity index (χ2n) is 5.37. The van der Waals surface area contributed by atoms with Gasteiger partial charge in [0.15, 0.2) is 0 Å². The molecule has 1 aliphatic heterocycles. The van der Waals surface area contributed by atoms with Gasteiger partial charge in [0.1, 0.15) is 12.1 Å². The molecule has 1 atom stereocenters. The molecule has 1 aromatic rings. The molecule has 0 N–H and O–H groups in total. The molecule has 6 heteroatoms. The lowest BCUT2D eigenvalue weighted by Crippen LogP contribution is -2.53. The van der Waals surface area contributed by atoms with Crippen LogP contribution in [0.5, 0.6) is 5.88 Å². The summed E-state index contributed by atoms with van der Waals surface area (Å²) in [4.78, 5) is 10.8. The highest BCUT2D eigenvalue weighted by Gasteiger charge is 2.34. The molecule has 1 fully saturated rings. The third-order valence-electron chi connectivity index (χ3n) is 3.16. The molecule has 1 aromatic heterocycles. The van der Waals surface area contributed by atoms with E-state index in [1.807, 2.05) is 6.92 Å². The maximum absolute atomic E-state index is 6.01. The normalized spacial score (nSPS) is 22.4. The molecule has 1 saturated heterocycles. The number of alkyl halides is 1. The summed E-state index contributed by atoms with van der Waals surface area (Å²) in [5.41, 5.74) is 0.775. The fourth-order valence-corrected chi connectivity index (χ4v) is 2.82. The molecular weight excluding hydrogens is 310 g/mol. The van der Waals surface area contributed by atoms with Gasteiger partial charge in [0.25, 0.3) is 0 Å². The van der Waals surface area contributed by atoms with Gasteiger partial charge in [-0.05, 0) is 20.8 Å². The van der Waals surface area contributed by atoms with E-state index in [-0.39, 0.29) is 11.7 Å². The SMILES string of the molecule is COc1ncnc(N2CC(CBr)OC(C)(C)C2)c1C. The minimum absolute atomic E-state index is 0.157. The van der Waals surface area contributed by atoms with Crippen molar-refractivity contribution >= 4 is 21.7 Å². The van der Waals surface area contributed by atoms with Crippen molar-refractivity contribution in [1.29, 1.82) is 0 Å². The van der Waals surface area contributed by atoms with Crippen molar-refractivity contribution in [3.8, 4) is 5.88 Å². The number of methoxy groups -OCH3 is 1. The molecule has 0 radical (unpaired) electrons. The zero-order valence-corrected chi connectivity index (χ0v) is 13.4. The molecule has 0 saturated carbocycles. The van der Waals surface area contributed by atoms with Gasteiger partial charge >= 0.3 is 0 Å². The van der Waals surface area contributed by atoms with Crippen LogP contribution in [0.2, 0.25) is 0 Å². The summed E-state index contributed by atoms with van der Waals surface area (Å²) in [7, 11) is 1.63. The van der Waals surface area contributed by atoms with E-state index in [0.29, 0.717) is 5.88 Å². The highest BCUT2D eigenvalue weighted by atomic mass is 79.9. The van der Waals surface area contributed by atoms with Crippen LogP contribution >= 0.6 is 15.9 Å². The first-order valence-corrected chi connectivity index (χ1v) is 7.43. The Morgan fingerprint density at radius 1 is 1.53 bits per heavy atom.